The number of carbonyl (C=O) groups is 1. The molecule has 4 nitrogen and oxygen atoms in total. The molecule has 0 saturated heterocycles. The van der Waals surface area contributed by atoms with Crippen LogP contribution in [0.15, 0.2) is 48.5 Å². The van der Waals surface area contributed by atoms with Gasteiger partial charge in [0.25, 0.3) is 0 Å². The van der Waals surface area contributed by atoms with Crippen LogP contribution in [0.25, 0.3) is 0 Å². The molecule has 2 aromatic rings. The SMILES string of the molecule is CCOc1ccc(CCC(=O)NCC(O)c2ccccc2C)cc1. The van der Waals surface area contributed by atoms with Gasteiger partial charge in [-0.05, 0) is 49.1 Å². The summed E-state index contributed by atoms with van der Waals surface area (Å²) in [5.74, 6) is 0.781. The van der Waals surface area contributed by atoms with E-state index in [1.807, 2.05) is 62.4 Å². The second kappa shape index (κ2) is 9.08. The summed E-state index contributed by atoms with van der Waals surface area (Å²) in [5, 5.41) is 13.0. The number of benzene rings is 2. The van der Waals surface area contributed by atoms with Crippen LogP contribution in [0.5, 0.6) is 5.75 Å². The van der Waals surface area contributed by atoms with Crippen LogP contribution in [0, 0.1) is 6.92 Å². The third-order valence-electron chi connectivity index (χ3n) is 3.92. The topological polar surface area (TPSA) is 58.6 Å². The smallest absolute Gasteiger partial charge is 0.220 e. The molecule has 0 saturated carbocycles. The summed E-state index contributed by atoms with van der Waals surface area (Å²) in [6, 6.07) is 15.4. The molecular weight excluding hydrogens is 302 g/mol. The van der Waals surface area contributed by atoms with Gasteiger partial charge in [-0.2, -0.15) is 0 Å². The number of ether oxygens (including phenoxy) is 1. The van der Waals surface area contributed by atoms with E-state index < -0.39 is 6.10 Å². The predicted octanol–water partition coefficient (Wildman–Crippen LogP) is 3.18. The minimum Gasteiger partial charge on any atom is -0.494 e. The molecule has 0 fully saturated rings. The van der Waals surface area contributed by atoms with E-state index in [0.29, 0.717) is 19.4 Å². The Hall–Kier alpha value is -2.33. The van der Waals surface area contributed by atoms with E-state index in [4.69, 9.17) is 4.74 Å². The zero-order valence-electron chi connectivity index (χ0n) is 14.3. The van der Waals surface area contributed by atoms with Crippen molar-refractivity contribution >= 4 is 5.91 Å². The maximum absolute atomic E-state index is 12.0. The van der Waals surface area contributed by atoms with Crippen LogP contribution in [-0.2, 0) is 11.2 Å². The van der Waals surface area contributed by atoms with Gasteiger partial charge >= 0.3 is 0 Å². The first-order chi connectivity index (χ1) is 11.6. The highest BCUT2D eigenvalue weighted by molar-refractivity contribution is 5.76. The number of carbonyl (C=O) groups excluding carboxylic acids is 1. The Labute approximate surface area is 143 Å². The van der Waals surface area contributed by atoms with Crippen LogP contribution in [0.1, 0.15) is 36.1 Å². The van der Waals surface area contributed by atoms with E-state index in [0.717, 1.165) is 22.4 Å². The van der Waals surface area contributed by atoms with Gasteiger partial charge in [0.05, 0.1) is 12.7 Å². The number of rotatable bonds is 8. The summed E-state index contributed by atoms with van der Waals surface area (Å²) in [5.41, 5.74) is 2.96. The first-order valence-electron chi connectivity index (χ1n) is 8.32. The highest BCUT2D eigenvalue weighted by Crippen LogP contribution is 2.16. The molecule has 0 spiro atoms. The Bertz CT molecular complexity index is 652. The van der Waals surface area contributed by atoms with E-state index in [-0.39, 0.29) is 12.5 Å². The Morgan fingerprint density at radius 1 is 1.17 bits per heavy atom. The van der Waals surface area contributed by atoms with Gasteiger partial charge in [-0.3, -0.25) is 4.79 Å². The lowest BCUT2D eigenvalue weighted by molar-refractivity contribution is -0.121. The van der Waals surface area contributed by atoms with Crippen molar-refractivity contribution in [1.29, 1.82) is 0 Å². The van der Waals surface area contributed by atoms with Crippen LogP contribution >= 0.6 is 0 Å². The van der Waals surface area contributed by atoms with Crippen molar-refractivity contribution in [2.45, 2.75) is 32.8 Å². The molecule has 128 valence electrons. The summed E-state index contributed by atoms with van der Waals surface area (Å²) >= 11 is 0. The average molecular weight is 327 g/mol. The molecule has 0 aliphatic carbocycles. The molecule has 0 radical (unpaired) electrons. The van der Waals surface area contributed by atoms with Crippen molar-refractivity contribution in [1.82, 2.24) is 5.32 Å². The van der Waals surface area contributed by atoms with Gasteiger partial charge in [-0.1, -0.05) is 36.4 Å². The van der Waals surface area contributed by atoms with E-state index in [1.54, 1.807) is 0 Å². The molecule has 0 aliphatic rings. The van der Waals surface area contributed by atoms with Crippen LogP contribution < -0.4 is 10.1 Å². The van der Waals surface area contributed by atoms with Crippen molar-refractivity contribution in [2.24, 2.45) is 0 Å². The molecule has 2 aromatic carbocycles. The second-order valence-electron chi connectivity index (χ2n) is 5.75. The number of amides is 1. The molecule has 4 heteroatoms. The Morgan fingerprint density at radius 3 is 2.54 bits per heavy atom. The lowest BCUT2D eigenvalue weighted by atomic mass is 10.0. The monoisotopic (exact) mass is 327 g/mol. The molecule has 2 rings (SSSR count). The quantitative estimate of drug-likeness (QED) is 0.783. The van der Waals surface area contributed by atoms with Crippen LogP contribution in [0.3, 0.4) is 0 Å². The number of hydrogen-bond donors (Lipinski definition) is 2. The molecular formula is C20H25NO3. The molecule has 0 aliphatic heterocycles. The van der Waals surface area contributed by atoms with Gasteiger partial charge < -0.3 is 15.2 Å². The van der Waals surface area contributed by atoms with Gasteiger partial charge in [0, 0.05) is 13.0 Å². The summed E-state index contributed by atoms with van der Waals surface area (Å²) in [4.78, 5) is 12.0. The first kappa shape index (κ1) is 18.0. The van der Waals surface area contributed by atoms with Gasteiger partial charge in [0.15, 0.2) is 0 Å². The van der Waals surface area contributed by atoms with Crippen molar-refractivity contribution in [3.8, 4) is 5.75 Å². The lowest BCUT2D eigenvalue weighted by Gasteiger charge is -2.14. The molecule has 1 unspecified atom stereocenters. The summed E-state index contributed by atoms with van der Waals surface area (Å²) in [7, 11) is 0. The maximum Gasteiger partial charge on any atom is 0.220 e. The maximum atomic E-state index is 12.0. The van der Waals surface area contributed by atoms with Crippen molar-refractivity contribution < 1.29 is 14.6 Å². The second-order valence-corrected chi connectivity index (χ2v) is 5.75. The fourth-order valence-corrected chi connectivity index (χ4v) is 2.55. The first-order valence-corrected chi connectivity index (χ1v) is 8.32. The van der Waals surface area contributed by atoms with E-state index in [9.17, 15) is 9.90 Å². The van der Waals surface area contributed by atoms with E-state index in [1.165, 1.54) is 0 Å². The van der Waals surface area contributed by atoms with Crippen molar-refractivity contribution in [3.63, 3.8) is 0 Å². The highest BCUT2D eigenvalue weighted by Gasteiger charge is 2.11. The number of aryl methyl sites for hydroxylation is 2. The zero-order valence-corrected chi connectivity index (χ0v) is 14.3. The highest BCUT2D eigenvalue weighted by atomic mass is 16.5. The standard InChI is InChI=1S/C20H25NO3/c1-3-24-17-11-8-16(9-12-17)10-13-20(23)21-14-19(22)18-7-5-4-6-15(18)2/h4-9,11-12,19,22H,3,10,13-14H2,1-2H3,(H,21,23). The average Bonchev–Trinajstić information content (AvgIpc) is 2.60. The van der Waals surface area contributed by atoms with Crippen molar-refractivity contribution in [2.75, 3.05) is 13.2 Å². The summed E-state index contributed by atoms with van der Waals surface area (Å²) < 4.78 is 5.40. The Kier molecular flexibility index (Phi) is 6.82. The van der Waals surface area contributed by atoms with Crippen LogP contribution in [0.2, 0.25) is 0 Å². The van der Waals surface area contributed by atoms with E-state index in [2.05, 4.69) is 5.32 Å². The molecule has 0 heterocycles. The summed E-state index contributed by atoms with van der Waals surface area (Å²) in [6.45, 7) is 4.77. The number of aliphatic hydroxyl groups excluding tert-OH is 1. The predicted molar refractivity (Wildman–Crippen MR) is 95.1 cm³/mol. The fourth-order valence-electron chi connectivity index (χ4n) is 2.55. The molecule has 0 bridgehead atoms. The number of hydrogen-bond acceptors (Lipinski definition) is 3. The minimum atomic E-state index is -0.680. The van der Waals surface area contributed by atoms with Crippen molar-refractivity contribution in [3.05, 3.63) is 65.2 Å². The van der Waals surface area contributed by atoms with Gasteiger partial charge in [-0.15, -0.1) is 0 Å². The van der Waals surface area contributed by atoms with Crippen LogP contribution in [-0.4, -0.2) is 24.2 Å². The minimum absolute atomic E-state index is 0.0588. The lowest BCUT2D eigenvalue weighted by Crippen LogP contribution is -2.28. The summed E-state index contributed by atoms with van der Waals surface area (Å²) in [6.07, 6.45) is 0.383. The van der Waals surface area contributed by atoms with Gasteiger partial charge in [0.2, 0.25) is 5.91 Å². The third-order valence-corrected chi connectivity index (χ3v) is 3.92. The van der Waals surface area contributed by atoms with Gasteiger partial charge in [0.1, 0.15) is 5.75 Å². The number of nitrogens with one attached hydrogen (secondary N) is 1. The normalized spacial score (nSPS) is 11.8. The van der Waals surface area contributed by atoms with Gasteiger partial charge in [-0.25, -0.2) is 0 Å². The zero-order chi connectivity index (χ0) is 17.4. The molecule has 0 aromatic heterocycles. The van der Waals surface area contributed by atoms with E-state index >= 15 is 0 Å². The molecule has 1 atom stereocenters. The van der Waals surface area contributed by atoms with Crippen LogP contribution in [0.4, 0.5) is 0 Å². The Balaban J connectivity index is 1.76. The number of aliphatic hydroxyl groups is 1. The largest absolute Gasteiger partial charge is 0.494 e. The molecule has 1 amide bonds. The molecule has 2 N–H and O–H groups in total. The fraction of sp³-hybridized carbons (Fsp3) is 0.350. The Morgan fingerprint density at radius 2 is 1.88 bits per heavy atom. The third kappa shape index (κ3) is 5.39. The molecule has 24 heavy (non-hydrogen) atoms.